The van der Waals surface area contributed by atoms with Crippen molar-refractivity contribution in [1.82, 2.24) is 5.32 Å². The molecule has 0 aliphatic heterocycles. The lowest BCUT2D eigenvalue weighted by atomic mass is 10.2. The Morgan fingerprint density at radius 1 is 1.08 bits per heavy atom. The lowest BCUT2D eigenvalue weighted by Gasteiger charge is -2.09. The first kappa shape index (κ1) is 19.8. The summed E-state index contributed by atoms with van der Waals surface area (Å²) in [5.74, 6) is -1.61. The normalized spacial score (nSPS) is 10.1. The molecular formula is C18H16ClNO5S. The van der Waals surface area contributed by atoms with Crippen LogP contribution in [-0.4, -0.2) is 37.3 Å². The number of hydrogen-bond donors (Lipinski definition) is 1. The molecule has 26 heavy (non-hydrogen) atoms. The Kier molecular flexibility index (Phi) is 7.50. The molecule has 0 aliphatic carbocycles. The highest BCUT2D eigenvalue weighted by atomic mass is 35.5. The second-order valence-corrected chi connectivity index (χ2v) is 6.38. The zero-order valence-electron chi connectivity index (χ0n) is 13.9. The van der Waals surface area contributed by atoms with Crippen molar-refractivity contribution in [2.24, 2.45) is 0 Å². The average Bonchev–Trinajstić information content (AvgIpc) is 2.65. The summed E-state index contributed by atoms with van der Waals surface area (Å²) in [5.41, 5.74) is 0.212. The Morgan fingerprint density at radius 3 is 2.50 bits per heavy atom. The number of esters is 1. The number of thioether (sulfide) groups is 1. The molecule has 6 nitrogen and oxygen atoms in total. The number of hydrogen-bond acceptors (Lipinski definition) is 6. The first-order valence-corrected chi connectivity index (χ1v) is 8.87. The summed E-state index contributed by atoms with van der Waals surface area (Å²) in [4.78, 5) is 36.3. The van der Waals surface area contributed by atoms with E-state index in [2.05, 4.69) is 5.32 Å². The molecule has 0 saturated carbocycles. The first-order valence-electron chi connectivity index (χ1n) is 7.51. The van der Waals surface area contributed by atoms with Crippen LogP contribution in [0, 0.1) is 0 Å². The van der Waals surface area contributed by atoms with Crippen LogP contribution in [-0.2, 0) is 14.3 Å². The highest BCUT2D eigenvalue weighted by Crippen LogP contribution is 2.26. The molecule has 2 aromatic carbocycles. The molecule has 0 fully saturated rings. The maximum atomic E-state index is 12.1. The van der Waals surface area contributed by atoms with E-state index < -0.39 is 24.4 Å². The lowest BCUT2D eigenvalue weighted by molar-refractivity contribution is -0.145. The van der Waals surface area contributed by atoms with Crippen molar-refractivity contribution >= 4 is 41.1 Å². The predicted octanol–water partition coefficient (Wildman–Crippen LogP) is 2.94. The first-order chi connectivity index (χ1) is 12.5. The minimum absolute atomic E-state index is 0.00251. The van der Waals surface area contributed by atoms with E-state index >= 15 is 0 Å². The number of nitrogens with one attached hydrogen (secondary N) is 1. The zero-order valence-corrected chi connectivity index (χ0v) is 15.4. The van der Waals surface area contributed by atoms with Crippen LogP contribution in [0.4, 0.5) is 0 Å². The quantitative estimate of drug-likeness (QED) is 0.575. The van der Waals surface area contributed by atoms with Crippen molar-refractivity contribution in [2.45, 2.75) is 4.90 Å². The highest BCUT2D eigenvalue weighted by molar-refractivity contribution is 8.00. The molecule has 0 aliphatic rings. The fourth-order valence-electron chi connectivity index (χ4n) is 1.95. The Labute approximate surface area is 159 Å². The lowest BCUT2D eigenvalue weighted by Crippen LogP contribution is -2.34. The minimum Gasteiger partial charge on any atom is -0.496 e. The van der Waals surface area contributed by atoms with Gasteiger partial charge < -0.3 is 9.47 Å². The van der Waals surface area contributed by atoms with E-state index in [-0.39, 0.29) is 11.3 Å². The van der Waals surface area contributed by atoms with Crippen LogP contribution in [0.25, 0.3) is 0 Å². The molecule has 2 rings (SSSR count). The summed E-state index contributed by atoms with van der Waals surface area (Å²) in [6.45, 7) is -0.553. The number of rotatable bonds is 7. The molecule has 1 N–H and O–H groups in total. The molecule has 0 spiro atoms. The number of ether oxygens (including phenoxy) is 2. The van der Waals surface area contributed by atoms with Crippen LogP contribution < -0.4 is 10.1 Å². The van der Waals surface area contributed by atoms with Gasteiger partial charge in [0.1, 0.15) is 5.75 Å². The van der Waals surface area contributed by atoms with Crippen molar-refractivity contribution in [2.75, 3.05) is 19.5 Å². The number of amides is 2. The van der Waals surface area contributed by atoms with Gasteiger partial charge in [-0.3, -0.25) is 19.7 Å². The van der Waals surface area contributed by atoms with Gasteiger partial charge in [0.25, 0.3) is 11.8 Å². The monoisotopic (exact) mass is 393 g/mol. The number of carbonyl (C=O) groups excluding carboxylic acids is 3. The number of imide groups is 1. The van der Waals surface area contributed by atoms with Crippen LogP contribution >= 0.6 is 23.4 Å². The van der Waals surface area contributed by atoms with Gasteiger partial charge in [0.05, 0.1) is 23.4 Å². The van der Waals surface area contributed by atoms with Gasteiger partial charge in [0.2, 0.25) is 0 Å². The Balaban J connectivity index is 1.78. The van der Waals surface area contributed by atoms with E-state index in [0.717, 1.165) is 4.90 Å². The molecular weight excluding hydrogens is 378 g/mol. The summed E-state index contributed by atoms with van der Waals surface area (Å²) in [7, 11) is 1.42. The summed E-state index contributed by atoms with van der Waals surface area (Å²) in [6.07, 6.45) is 0. The number of halogens is 1. The molecule has 0 bridgehead atoms. The molecule has 0 radical (unpaired) electrons. The maximum absolute atomic E-state index is 12.1. The summed E-state index contributed by atoms with van der Waals surface area (Å²) >= 11 is 7.19. The molecule has 2 aromatic rings. The van der Waals surface area contributed by atoms with Gasteiger partial charge >= 0.3 is 5.97 Å². The van der Waals surface area contributed by atoms with E-state index in [9.17, 15) is 14.4 Å². The average molecular weight is 394 g/mol. The molecule has 0 saturated heterocycles. The predicted molar refractivity (Wildman–Crippen MR) is 98.6 cm³/mol. The number of benzene rings is 2. The van der Waals surface area contributed by atoms with Crippen LogP contribution in [0.15, 0.2) is 53.4 Å². The van der Waals surface area contributed by atoms with Crippen LogP contribution in [0.5, 0.6) is 5.75 Å². The Morgan fingerprint density at radius 2 is 1.77 bits per heavy atom. The van der Waals surface area contributed by atoms with Gasteiger partial charge in [-0.15, -0.1) is 11.8 Å². The van der Waals surface area contributed by atoms with Crippen molar-refractivity contribution in [3.8, 4) is 5.75 Å². The summed E-state index contributed by atoms with van der Waals surface area (Å²) in [6, 6.07) is 13.6. The van der Waals surface area contributed by atoms with Gasteiger partial charge in [-0.05, 0) is 24.3 Å². The summed E-state index contributed by atoms with van der Waals surface area (Å²) < 4.78 is 9.92. The van der Waals surface area contributed by atoms with Gasteiger partial charge in [-0.1, -0.05) is 35.9 Å². The van der Waals surface area contributed by atoms with Crippen molar-refractivity contribution in [1.29, 1.82) is 0 Å². The molecule has 2 amide bonds. The van der Waals surface area contributed by atoms with Gasteiger partial charge in [0, 0.05) is 4.90 Å². The van der Waals surface area contributed by atoms with Crippen LogP contribution in [0.3, 0.4) is 0 Å². The van der Waals surface area contributed by atoms with Crippen LogP contribution in [0.1, 0.15) is 10.4 Å². The number of methoxy groups -OCH3 is 1. The molecule has 136 valence electrons. The van der Waals surface area contributed by atoms with Crippen LogP contribution in [0.2, 0.25) is 5.02 Å². The van der Waals surface area contributed by atoms with Gasteiger partial charge in [-0.2, -0.15) is 0 Å². The molecule has 0 atom stereocenters. The highest BCUT2D eigenvalue weighted by Gasteiger charge is 2.16. The minimum atomic E-state index is -0.725. The Bertz CT molecular complexity index is 812. The molecule has 0 unspecified atom stereocenters. The van der Waals surface area contributed by atoms with E-state index in [1.165, 1.54) is 24.9 Å². The number of para-hydroxylation sites is 1. The van der Waals surface area contributed by atoms with E-state index in [1.54, 1.807) is 42.5 Å². The third-order valence-electron chi connectivity index (χ3n) is 3.15. The SMILES string of the molecule is COc1ccccc1C(=O)NC(=O)COC(=O)CSc1ccccc1Cl. The third kappa shape index (κ3) is 5.79. The second kappa shape index (κ2) is 9.84. The number of carbonyl (C=O) groups is 3. The smallest absolute Gasteiger partial charge is 0.316 e. The summed E-state index contributed by atoms with van der Waals surface area (Å²) in [5, 5.41) is 2.68. The molecule has 0 heterocycles. The van der Waals surface area contributed by atoms with E-state index in [1.807, 2.05) is 0 Å². The Hall–Kier alpha value is -2.51. The van der Waals surface area contributed by atoms with E-state index in [0.29, 0.717) is 10.8 Å². The standard InChI is InChI=1S/C18H16ClNO5S/c1-24-14-8-4-2-6-12(14)18(23)20-16(21)10-25-17(22)11-26-15-9-5-3-7-13(15)19/h2-9H,10-11H2,1H3,(H,20,21,23). The molecule has 8 heteroatoms. The maximum Gasteiger partial charge on any atom is 0.316 e. The molecule has 0 aromatic heterocycles. The second-order valence-electron chi connectivity index (χ2n) is 4.96. The third-order valence-corrected chi connectivity index (χ3v) is 4.64. The van der Waals surface area contributed by atoms with Crippen molar-refractivity contribution < 1.29 is 23.9 Å². The van der Waals surface area contributed by atoms with Crippen molar-refractivity contribution in [3.63, 3.8) is 0 Å². The van der Waals surface area contributed by atoms with Crippen molar-refractivity contribution in [3.05, 3.63) is 59.1 Å². The van der Waals surface area contributed by atoms with Gasteiger partial charge in [0.15, 0.2) is 6.61 Å². The fourth-order valence-corrected chi connectivity index (χ4v) is 2.99. The van der Waals surface area contributed by atoms with Gasteiger partial charge in [-0.25, -0.2) is 0 Å². The zero-order chi connectivity index (χ0) is 18.9. The van der Waals surface area contributed by atoms with E-state index in [4.69, 9.17) is 21.1 Å². The fraction of sp³-hybridized carbons (Fsp3) is 0.167. The topological polar surface area (TPSA) is 81.7 Å². The largest absolute Gasteiger partial charge is 0.496 e.